The van der Waals surface area contributed by atoms with Crippen LogP contribution in [0.2, 0.25) is 0 Å². The molecule has 0 saturated carbocycles. The number of carbonyl (C=O) groups is 2. The maximum atomic E-state index is 11.1. The van der Waals surface area contributed by atoms with Gasteiger partial charge in [0.2, 0.25) is 5.91 Å². The number of ketones is 1. The van der Waals surface area contributed by atoms with Gasteiger partial charge in [-0.25, -0.2) is 0 Å². The van der Waals surface area contributed by atoms with Gasteiger partial charge in [0.05, 0.1) is 0 Å². The largest absolute Gasteiger partial charge is 0.330 e. The van der Waals surface area contributed by atoms with Crippen molar-refractivity contribution < 1.29 is 9.59 Å². The average Bonchev–Trinajstić information content (AvgIpc) is 2.04. The van der Waals surface area contributed by atoms with Crippen molar-refractivity contribution in [2.24, 2.45) is 0 Å². The van der Waals surface area contributed by atoms with Crippen LogP contribution >= 0.6 is 0 Å². The number of carbonyl (C=O) groups excluding carboxylic acids is 2. The van der Waals surface area contributed by atoms with E-state index in [0.29, 0.717) is 13.1 Å². The molecule has 12 heavy (non-hydrogen) atoms. The van der Waals surface area contributed by atoms with Crippen molar-refractivity contribution in [3.63, 3.8) is 0 Å². The Bertz CT molecular complexity index is 181. The number of amides is 1. The number of hydrogen-bond donors (Lipinski definition) is 1. The van der Waals surface area contributed by atoms with Gasteiger partial charge in [0.15, 0.2) is 5.78 Å². The van der Waals surface area contributed by atoms with E-state index in [1.54, 1.807) is 4.90 Å². The Balaban J connectivity index is 2.67. The van der Waals surface area contributed by atoms with Crippen LogP contribution < -0.4 is 5.32 Å². The zero-order valence-corrected chi connectivity index (χ0v) is 7.46. The summed E-state index contributed by atoms with van der Waals surface area (Å²) in [6.07, 6.45) is 0. The first-order valence-corrected chi connectivity index (χ1v) is 4.11. The molecule has 4 heteroatoms. The van der Waals surface area contributed by atoms with Gasteiger partial charge in [-0.15, -0.1) is 0 Å². The summed E-state index contributed by atoms with van der Waals surface area (Å²) in [5, 5.41) is 3.09. The third kappa shape index (κ3) is 1.82. The van der Waals surface area contributed by atoms with Gasteiger partial charge in [-0.3, -0.25) is 9.59 Å². The highest BCUT2D eigenvalue weighted by Crippen LogP contribution is 2.04. The van der Waals surface area contributed by atoms with E-state index in [1.807, 2.05) is 0 Å². The quantitative estimate of drug-likeness (QED) is 0.571. The molecule has 1 aliphatic heterocycles. The second kappa shape index (κ2) is 3.67. The van der Waals surface area contributed by atoms with Gasteiger partial charge in [0.1, 0.15) is 6.04 Å². The standard InChI is InChI=1S/C8H14N2O2/c1-6(11)8-5-9-3-4-10(8)7(2)12/h8-9H,3-5H2,1-2H3. The van der Waals surface area contributed by atoms with Crippen molar-refractivity contribution in [3.8, 4) is 0 Å². The SMILES string of the molecule is CC(=O)C1CNCCN1C(C)=O. The maximum Gasteiger partial charge on any atom is 0.220 e. The van der Waals surface area contributed by atoms with Crippen molar-refractivity contribution in [2.75, 3.05) is 19.6 Å². The van der Waals surface area contributed by atoms with Crippen LogP contribution in [0.5, 0.6) is 0 Å². The van der Waals surface area contributed by atoms with Crippen LogP contribution in [0.1, 0.15) is 13.8 Å². The monoisotopic (exact) mass is 170 g/mol. The lowest BCUT2D eigenvalue weighted by Crippen LogP contribution is -2.55. The zero-order valence-electron chi connectivity index (χ0n) is 7.46. The molecule has 0 aromatic heterocycles. The Kier molecular flexibility index (Phi) is 2.81. The first kappa shape index (κ1) is 9.19. The minimum absolute atomic E-state index is 0.0169. The second-order valence-corrected chi connectivity index (χ2v) is 3.04. The van der Waals surface area contributed by atoms with Crippen LogP contribution in [0.25, 0.3) is 0 Å². The summed E-state index contributed by atoms with van der Waals surface area (Å²) in [7, 11) is 0. The van der Waals surface area contributed by atoms with Crippen LogP contribution in [0.4, 0.5) is 0 Å². The molecule has 1 aliphatic rings. The highest BCUT2D eigenvalue weighted by atomic mass is 16.2. The van der Waals surface area contributed by atoms with E-state index in [-0.39, 0.29) is 17.7 Å². The number of Topliss-reactive ketones (excluding diaryl/α,β-unsaturated/α-hetero) is 1. The lowest BCUT2D eigenvalue weighted by atomic mass is 10.1. The summed E-state index contributed by atoms with van der Waals surface area (Å²) < 4.78 is 0. The summed E-state index contributed by atoms with van der Waals surface area (Å²) in [5.41, 5.74) is 0. The highest BCUT2D eigenvalue weighted by molar-refractivity contribution is 5.87. The predicted octanol–water partition coefficient (Wildman–Crippen LogP) is -0.604. The molecule has 0 aromatic rings. The van der Waals surface area contributed by atoms with E-state index in [4.69, 9.17) is 0 Å². The van der Waals surface area contributed by atoms with Crippen molar-refractivity contribution in [1.29, 1.82) is 0 Å². The Morgan fingerprint density at radius 1 is 1.42 bits per heavy atom. The molecule has 1 N–H and O–H groups in total. The lowest BCUT2D eigenvalue weighted by Gasteiger charge is -2.33. The number of nitrogens with one attached hydrogen (secondary N) is 1. The van der Waals surface area contributed by atoms with Crippen LogP contribution in [-0.2, 0) is 9.59 Å². The van der Waals surface area contributed by atoms with E-state index >= 15 is 0 Å². The summed E-state index contributed by atoms with van der Waals surface area (Å²) in [5.74, 6) is 0.0362. The lowest BCUT2D eigenvalue weighted by molar-refractivity contribution is -0.138. The van der Waals surface area contributed by atoms with Crippen LogP contribution in [0.3, 0.4) is 0 Å². The topological polar surface area (TPSA) is 49.4 Å². The van der Waals surface area contributed by atoms with Crippen LogP contribution in [0, 0.1) is 0 Å². The van der Waals surface area contributed by atoms with E-state index in [1.165, 1.54) is 13.8 Å². The minimum Gasteiger partial charge on any atom is -0.330 e. The summed E-state index contributed by atoms with van der Waals surface area (Å²) in [6.45, 7) is 5.03. The molecular weight excluding hydrogens is 156 g/mol. The van der Waals surface area contributed by atoms with Crippen molar-refractivity contribution in [2.45, 2.75) is 19.9 Å². The molecule has 0 radical (unpaired) electrons. The molecule has 1 heterocycles. The smallest absolute Gasteiger partial charge is 0.220 e. The van der Waals surface area contributed by atoms with Gasteiger partial charge in [-0.1, -0.05) is 0 Å². The molecule has 1 fully saturated rings. The van der Waals surface area contributed by atoms with Gasteiger partial charge in [-0.2, -0.15) is 0 Å². The molecule has 1 amide bonds. The minimum atomic E-state index is -0.253. The molecule has 0 aliphatic carbocycles. The molecule has 0 bridgehead atoms. The first-order chi connectivity index (χ1) is 5.63. The molecule has 1 rings (SSSR count). The fourth-order valence-corrected chi connectivity index (χ4v) is 1.44. The molecule has 1 saturated heterocycles. The zero-order chi connectivity index (χ0) is 9.14. The number of rotatable bonds is 1. The van der Waals surface area contributed by atoms with Gasteiger partial charge >= 0.3 is 0 Å². The third-order valence-electron chi connectivity index (χ3n) is 2.12. The Labute approximate surface area is 71.9 Å². The molecule has 1 unspecified atom stereocenters. The van der Waals surface area contributed by atoms with E-state index < -0.39 is 0 Å². The summed E-state index contributed by atoms with van der Waals surface area (Å²) >= 11 is 0. The normalized spacial score (nSPS) is 23.8. The fraction of sp³-hybridized carbons (Fsp3) is 0.750. The molecule has 4 nitrogen and oxygen atoms in total. The Hall–Kier alpha value is -0.900. The summed E-state index contributed by atoms with van der Waals surface area (Å²) in [4.78, 5) is 23.8. The fourth-order valence-electron chi connectivity index (χ4n) is 1.44. The molecule has 0 aromatic carbocycles. The maximum absolute atomic E-state index is 11.1. The highest BCUT2D eigenvalue weighted by Gasteiger charge is 2.27. The Morgan fingerprint density at radius 3 is 2.50 bits per heavy atom. The van der Waals surface area contributed by atoms with Crippen LogP contribution in [0.15, 0.2) is 0 Å². The predicted molar refractivity (Wildman–Crippen MR) is 44.7 cm³/mol. The van der Waals surface area contributed by atoms with E-state index in [9.17, 15) is 9.59 Å². The van der Waals surface area contributed by atoms with Gasteiger partial charge in [0, 0.05) is 26.6 Å². The average molecular weight is 170 g/mol. The van der Waals surface area contributed by atoms with E-state index in [2.05, 4.69) is 5.32 Å². The van der Waals surface area contributed by atoms with Crippen molar-refractivity contribution >= 4 is 11.7 Å². The first-order valence-electron chi connectivity index (χ1n) is 4.11. The van der Waals surface area contributed by atoms with E-state index in [0.717, 1.165) is 6.54 Å². The van der Waals surface area contributed by atoms with Crippen molar-refractivity contribution in [1.82, 2.24) is 10.2 Å². The molecule has 68 valence electrons. The molecular formula is C8H14N2O2. The summed E-state index contributed by atoms with van der Waals surface area (Å²) in [6, 6.07) is -0.253. The van der Waals surface area contributed by atoms with Gasteiger partial charge < -0.3 is 10.2 Å². The molecule has 0 spiro atoms. The molecule has 1 atom stereocenters. The number of hydrogen-bond acceptors (Lipinski definition) is 3. The Morgan fingerprint density at radius 2 is 2.08 bits per heavy atom. The third-order valence-corrected chi connectivity index (χ3v) is 2.12. The second-order valence-electron chi connectivity index (χ2n) is 3.04. The number of piperazine rings is 1. The number of nitrogens with zero attached hydrogens (tertiary/aromatic N) is 1. The van der Waals surface area contributed by atoms with Gasteiger partial charge in [0.25, 0.3) is 0 Å². The van der Waals surface area contributed by atoms with Crippen LogP contribution in [-0.4, -0.2) is 42.3 Å². The van der Waals surface area contributed by atoms with Gasteiger partial charge in [-0.05, 0) is 6.92 Å². The van der Waals surface area contributed by atoms with Crippen molar-refractivity contribution in [3.05, 3.63) is 0 Å².